The van der Waals surface area contributed by atoms with Gasteiger partial charge in [-0.2, -0.15) is 0 Å². The van der Waals surface area contributed by atoms with Crippen molar-refractivity contribution in [3.05, 3.63) is 111 Å². The first-order chi connectivity index (χ1) is 30.9. The van der Waals surface area contributed by atoms with E-state index in [4.69, 9.17) is 9.16 Å². The van der Waals surface area contributed by atoms with Crippen LogP contribution >= 0.6 is 22.7 Å². The molecule has 2 aliphatic heterocycles. The highest BCUT2D eigenvalue weighted by Crippen LogP contribution is 2.40. The number of hydrogen-bond acceptors (Lipinski definition) is 13. The largest absolute Gasteiger partial charge is 0.444 e. The molecule has 3 N–H and O–H groups in total. The van der Waals surface area contributed by atoms with Gasteiger partial charge in [-0.1, -0.05) is 99.7 Å². The molecular formula is C47H55N9O6S2Si. The van der Waals surface area contributed by atoms with E-state index in [2.05, 4.69) is 110 Å². The molecule has 6 heterocycles. The van der Waals surface area contributed by atoms with Crippen LogP contribution in [0, 0.1) is 12.8 Å². The molecule has 18 heteroatoms. The highest BCUT2D eigenvalue weighted by Gasteiger charge is 2.52. The van der Waals surface area contributed by atoms with E-state index in [0.29, 0.717) is 42.7 Å². The van der Waals surface area contributed by atoms with Gasteiger partial charge in [0.15, 0.2) is 0 Å². The van der Waals surface area contributed by atoms with Crippen molar-refractivity contribution in [2.24, 2.45) is 5.92 Å². The summed E-state index contributed by atoms with van der Waals surface area (Å²) < 4.78 is 15.2. The van der Waals surface area contributed by atoms with Gasteiger partial charge in [0.05, 0.1) is 24.8 Å². The summed E-state index contributed by atoms with van der Waals surface area (Å²) in [4.78, 5) is 66.9. The normalized spacial score (nSPS) is 18.9. The van der Waals surface area contributed by atoms with Crippen molar-refractivity contribution in [3.63, 3.8) is 0 Å². The molecule has 1 saturated heterocycles. The zero-order chi connectivity index (χ0) is 46.3. The molecule has 0 spiro atoms. The zero-order valence-corrected chi connectivity index (χ0v) is 40.5. The lowest BCUT2D eigenvalue weighted by Gasteiger charge is -2.47. The van der Waals surface area contributed by atoms with E-state index in [1.165, 1.54) is 33.4 Å². The molecular weight excluding hydrogens is 879 g/mol. The van der Waals surface area contributed by atoms with E-state index < -0.39 is 37.5 Å². The zero-order valence-electron chi connectivity index (χ0n) is 37.9. The second-order valence-corrected chi connectivity index (χ2v) is 25.4. The van der Waals surface area contributed by atoms with E-state index in [-0.39, 0.29) is 41.1 Å². The molecule has 2 aliphatic rings. The standard InChI is InChI=1S/C47H55N9O6S2Si/c1-28-19-37(42(58)50-24-33-21-30-23-48-39(22-38(30)64-33)52-45(60)61-46(3,4)5)56-40(28)49-25-36(43(56)59)51-41(57)31-20-32(27-55(26-31)44-54-53-29(2)63-44)62-65(47(6,7)8,34-15-11-9-12-16-34)35-17-13-10-14-18-35/h9-18,21-23,25,28,31-32,37H,19-20,24,26-27H2,1-8H3,(H,50,58)(H,51,57)(H,48,52,60)/t28-,31+,32+,37+/m1/s1. The molecule has 340 valence electrons. The molecule has 15 nitrogen and oxygen atoms in total. The first-order valence-corrected chi connectivity index (χ1v) is 25.3. The van der Waals surface area contributed by atoms with Gasteiger partial charge in [0.1, 0.15) is 34.0 Å². The lowest BCUT2D eigenvalue weighted by molar-refractivity contribution is -0.124. The summed E-state index contributed by atoms with van der Waals surface area (Å²) in [6, 6.07) is 23.7. The molecule has 0 bridgehead atoms. The number of hydrogen-bond donors (Lipinski definition) is 3. The molecule has 0 radical (unpaired) electrons. The Labute approximate surface area is 387 Å². The van der Waals surface area contributed by atoms with Gasteiger partial charge in [-0.3, -0.25) is 24.3 Å². The Bertz CT molecular complexity index is 2730. The van der Waals surface area contributed by atoms with Crippen molar-refractivity contribution < 1.29 is 23.5 Å². The lowest BCUT2D eigenvalue weighted by Crippen LogP contribution is -2.69. The van der Waals surface area contributed by atoms with Crippen molar-refractivity contribution in [1.82, 2.24) is 30.0 Å². The number of carbonyl (C=O) groups excluding carboxylic acids is 3. The fourth-order valence-corrected chi connectivity index (χ4v) is 15.3. The number of nitrogens with one attached hydrogen (secondary N) is 3. The van der Waals surface area contributed by atoms with Crippen molar-refractivity contribution >= 4 is 86.0 Å². The minimum Gasteiger partial charge on any atom is -0.444 e. The molecule has 8 rings (SSSR count). The highest BCUT2D eigenvalue weighted by molar-refractivity contribution is 7.19. The Balaban J connectivity index is 1.01. The number of carbonyl (C=O) groups is 3. The van der Waals surface area contributed by atoms with Crippen molar-refractivity contribution in [2.45, 2.75) is 103 Å². The van der Waals surface area contributed by atoms with Crippen LogP contribution in [0.4, 0.5) is 21.4 Å². The van der Waals surface area contributed by atoms with Crippen LogP contribution < -0.4 is 36.8 Å². The Morgan fingerprint density at radius 1 is 0.846 bits per heavy atom. The molecule has 3 amide bonds. The summed E-state index contributed by atoms with van der Waals surface area (Å²) in [6.45, 7) is 17.0. The van der Waals surface area contributed by atoms with E-state index in [1.807, 2.05) is 32.0 Å². The average Bonchev–Trinajstić information content (AvgIpc) is 3.98. The Hall–Kier alpha value is -5.82. The molecule has 4 atom stereocenters. The molecule has 2 aromatic carbocycles. The molecule has 0 unspecified atom stereocenters. The number of nitrogens with zero attached hydrogens (tertiary/aromatic N) is 6. The van der Waals surface area contributed by atoms with Crippen molar-refractivity contribution in [1.29, 1.82) is 0 Å². The Morgan fingerprint density at radius 3 is 2.17 bits per heavy atom. The summed E-state index contributed by atoms with van der Waals surface area (Å²) in [5.41, 5.74) is -1.13. The lowest BCUT2D eigenvalue weighted by atomic mass is 9.95. The number of pyridine rings is 1. The summed E-state index contributed by atoms with van der Waals surface area (Å²) in [7, 11) is -3.01. The monoisotopic (exact) mass is 933 g/mol. The van der Waals surface area contributed by atoms with Crippen LogP contribution in [0.2, 0.25) is 5.04 Å². The van der Waals surface area contributed by atoms with Gasteiger partial charge in [-0.15, -0.1) is 21.5 Å². The SMILES string of the molecule is Cc1nnc(N2C[C@@H](O[Si](c3ccccc3)(c3ccccc3)C(C)(C)C)C[C@H](C(=O)Nc3cnc4n(c3=O)[C@H](C(=O)NCc3cc5cnc(NC(=O)OC(C)(C)C)cc5s3)C[C@H]4C)C2)s1. The number of amides is 3. The summed E-state index contributed by atoms with van der Waals surface area (Å²) in [5, 5.41) is 21.7. The molecule has 0 aliphatic carbocycles. The third-order valence-corrected chi connectivity index (χ3v) is 18.8. The van der Waals surface area contributed by atoms with Crippen LogP contribution in [0.3, 0.4) is 0 Å². The van der Waals surface area contributed by atoms with Gasteiger partial charge in [-0.05, 0) is 68.1 Å². The number of anilines is 3. The van der Waals surface area contributed by atoms with E-state index >= 15 is 0 Å². The van der Waals surface area contributed by atoms with Crippen LogP contribution in [0.15, 0.2) is 90.0 Å². The van der Waals surface area contributed by atoms with Crippen LogP contribution in [0.25, 0.3) is 10.1 Å². The van der Waals surface area contributed by atoms with E-state index in [9.17, 15) is 19.2 Å². The number of aryl methyl sites for hydroxylation is 1. The summed E-state index contributed by atoms with van der Waals surface area (Å²) >= 11 is 2.92. The first kappa shape index (κ1) is 45.7. The van der Waals surface area contributed by atoms with Gasteiger partial charge in [-0.25, -0.2) is 14.8 Å². The predicted octanol–water partition coefficient (Wildman–Crippen LogP) is 7.13. The quantitative estimate of drug-likeness (QED) is 0.112. The fraction of sp³-hybridized carbons (Fsp3) is 0.404. The molecule has 6 aromatic rings. The summed E-state index contributed by atoms with van der Waals surface area (Å²) in [6.07, 6.45) is 2.87. The van der Waals surface area contributed by atoms with Crippen LogP contribution in [0.1, 0.15) is 89.0 Å². The molecule has 4 aromatic heterocycles. The number of fused-ring (bicyclic) bond motifs is 2. The third kappa shape index (κ3) is 9.76. The first-order valence-electron chi connectivity index (χ1n) is 21.8. The van der Waals surface area contributed by atoms with E-state index in [0.717, 1.165) is 30.3 Å². The molecule has 0 saturated carbocycles. The number of rotatable bonds is 11. The summed E-state index contributed by atoms with van der Waals surface area (Å²) in [5.74, 6) is -0.595. The second-order valence-electron chi connectivity index (χ2n) is 18.9. The van der Waals surface area contributed by atoms with Crippen LogP contribution in [-0.4, -0.2) is 75.8 Å². The maximum atomic E-state index is 14.5. The molecule has 65 heavy (non-hydrogen) atoms. The van der Waals surface area contributed by atoms with Gasteiger partial charge in [0.25, 0.3) is 13.9 Å². The number of aromatic nitrogens is 5. The molecule has 1 fully saturated rings. The van der Waals surface area contributed by atoms with Gasteiger partial charge >= 0.3 is 6.09 Å². The highest BCUT2D eigenvalue weighted by atomic mass is 32.1. The Kier molecular flexibility index (Phi) is 12.8. The number of benzene rings is 2. The minimum atomic E-state index is -3.01. The van der Waals surface area contributed by atoms with Gasteiger partial charge < -0.3 is 24.7 Å². The average molecular weight is 934 g/mol. The van der Waals surface area contributed by atoms with Crippen molar-refractivity contribution in [3.8, 4) is 0 Å². The smallest absolute Gasteiger partial charge is 0.413 e. The number of thiophene rings is 1. The van der Waals surface area contributed by atoms with Gasteiger partial charge in [0, 0.05) is 40.2 Å². The third-order valence-electron chi connectivity index (χ3n) is 11.8. The van der Waals surface area contributed by atoms with Crippen LogP contribution in [0.5, 0.6) is 0 Å². The predicted molar refractivity (Wildman–Crippen MR) is 258 cm³/mol. The number of piperidine rings is 1. The number of ether oxygens (including phenoxy) is 1. The van der Waals surface area contributed by atoms with Crippen molar-refractivity contribution in [2.75, 3.05) is 28.6 Å². The van der Waals surface area contributed by atoms with E-state index in [1.54, 1.807) is 33.0 Å². The van der Waals surface area contributed by atoms with Crippen LogP contribution in [-0.2, 0) is 25.3 Å². The minimum absolute atomic E-state index is 0.00628. The fourth-order valence-electron chi connectivity index (χ4n) is 8.92. The van der Waals surface area contributed by atoms with Gasteiger partial charge in [0.2, 0.25) is 16.9 Å². The topological polar surface area (TPSA) is 183 Å². The maximum Gasteiger partial charge on any atom is 0.413 e. The second kappa shape index (κ2) is 18.2. The Morgan fingerprint density at radius 2 is 1.54 bits per heavy atom. The maximum absolute atomic E-state index is 14.5.